The topological polar surface area (TPSA) is 95.9 Å². The second-order valence-electron chi connectivity index (χ2n) is 20.3. The highest BCUT2D eigenvalue weighted by Gasteiger charge is 2.18. The van der Waals surface area contributed by atoms with Gasteiger partial charge in [0.1, 0.15) is 0 Å². The summed E-state index contributed by atoms with van der Waals surface area (Å²) in [6, 6.07) is -0.629. The van der Waals surface area contributed by atoms with E-state index in [0.29, 0.717) is 19.4 Å². The van der Waals surface area contributed by atoms with Gasteiger partial charge in [-0.2, -0.15) is 0 Å². The number of hydrogen-bond acceptors (Lipinski definition) is 5. The number of rotatable bonds is 55. The van der Waals surface area contributed by atoms with Crippen LogP contribution in [0.3, 0.4) is 0 Å². The summed E-state index contributed by atoms with van der Waals surface area (Å²) < 4.78 is 5.49. The second-order valence-corrected chi connectivity index (χ2v) is 20.3. The van der Waals surface area contributed by atoms with Crippen molar-refractivity contribution in [2.24, 2.45) is 0 Å². The molecule has 0 saturated heterocycles. The van der Waals surface area contributed by atoms with Gasteiger partial charge in [-0.1, -0.05) is 296 Å². The molecule has 6 nitrogen and oxygen atoms in total. The molecule has 0 spiro atoms. The number of nitrogens with one attached hydrogen (secondary N) is 1. The maximum atomic E-state index is 12.4. The standard InChI is InChI=1S/C59H115NO5/c1-3-5-7-9-11-13-15-17-18-19-23-26-29-33-37-41-45-49-53-59(64)65-54-50-46-42-38-34-30-27-24-21-20-22-25-28-32-36-40-44-48-52-58(63)60-56(55-61)57(62)51-47-43-39-35-31-16-14-12-10-8-6-4-2/h47,51,56-57,61-62H,3-46,48-50,52-55H2,1-2H3,(H,60,63)/b51-47+. The van der Waals surface area contributed by atoms with Crippen molar-refractivity contribution in [3.63, 3.8) is 0 Å². The van der Waals surface area contributed by atoms with Crippen molar-refractivity contribution < 1.29 is 24.5 Å². The SMILES string of the molecule is CCCCCCCCCCCC/C=C/C(O)C(CO)NC(=O)CCCCCCCCCCCCCCCCCCCCOC(=O)CCCCCCCCCCCCCCCCCCCC. The zero-order valence-corrected chi connectivity index (χ0v) is 44.0. The molecule has 0 aliphatic rings. The number of carbonyl (C=O) groups is 2. The van der Waals surface area contributed by atoms with Crippen LogP contribution in [0, 0.1) is 0 Å². The highest BCUT2D eigenvalue weighted by Crippen LogP contribution is 2.18. The van der Waals surface area contributed by atoms with Gasteiger partial charge in [-0.05, 0) is 32.1 Å². The van der Waals surface area contributed by atoms with Crippen molar-refractivity contribution in [3.05, 3.63) is 12.2 Å². The number of esters is 1. The maximum Gasteiger partial charge on any atom is 0.305 e. The minimum atomic E-state index is -0.845. The van der Waals surface area contributed by atoms with E-state index < -0.39 is 12.1 Å². The highest BCUT2D eigenvalue weighted by atomic mass is 16.5. The molecule has 6 heteroatoms. The summed E-state index contributed by atoms with van der Waals surface area (Å²) in [5.74, 6) is -0.0600. The van der Waals surface area contributed by atoms with E-state index >= 15 is 0 Å². The molecule has 0 aliphatic heterocycles. The Hall–Kier alpha value is -1.40. The van der Waals surface area contributed by atoms with Gasteiger partial charge >= 0.3 is 5.97 Å². The molecule has 0 aromatic carbocycles. The van der Waals surface area contributed by atoms with Gasteiger partial charge in [0.25, 0.3) is 0 Å². The van der Waals surface area contributed by atoms with Crippen LogP contribution >= 0.6 is 0 Å². The van der Waals surface area contributed by atoms with Crippen molar-refractivity contribution in [2.75, 3.05) is 13.2 Å². The van der Waals surface area contributed by atoms with Gasteiger partial charge in [-0.25, -0.2) is 0 Å². The average molecular weight is 919 g/mol. The largest absolute Gasteiger partial charge is 0.466 e. The van der Waals surface area contributed by atoms with E-state index in [0.717, 1.165) is 38.5 Å². The molecule has 65 heavy (non-hydrogen) atoms. The Bertz CT molecular complexity index is 970. The number of amides is 1. The van der Waals surface area contributed by atoms with Crippen LogP contribution in [0.1, 0.15) is 328 Å². The van der Waals surface area contributed by atoms with E-state index in [4.69, 9.17) is 4.74 Å². The number of aliphatic hydroxyl groups excluding tert-OH is 2. The molecule has 3 N–H and O–H groups in total. The van der Waals surface area contributed by atoms with E-state index in [1.54, 1.807) is 6.08 Å². The Morgan fingerprint density at radius 2 is 0.708 bits per heavy atom. The molecule has 1 amide bonds. The van der Waals surface area contributed by atoms with Gasteiger partial charge in [0.05, 0.1) is 25.4 Å². The molecule has 0 saturated carbocycles. The molecule has 2 atom stereocenters. The molecule has 2 unspecified atom stereocenters. The van der Waals surface area contributed by atoms with Crippen LogP contribution in [0.4, 0.5) is 0 Å². The van der Waals surface area contributed by atoms with Gasteiger partial charge in [-0.15, -0.1) is 0 Å². The Morgan fingerprint density at radius 1 is 0.415 bits per heavy atom. The summed E-state index contributed by atoms with van der Waals surface area (Å²) in [7, 11) is 0. The molecule has 386 valence electrons. The quantitative estimate of drug-likeness (QED) is 0.0321. The minimum Gasteiger partial charge on any atom is -0.466 e. The van der Waals surface area contributed by atoms with Crippen LogP contribution in [0.5, 0.6) is 0 Å². The van der Waals surface area contributed by atoms with E-state index in [2.05, 4.69) is 19.2 Å². The molecule has 0 rings (SSSR count). The van der Waals surface area contributed by atoms with E-state index in [9.17, 15) is 19.8 Å². The first-order valence-corrected chi connectivity index (χ1v) is 29.5. The van der Waals surface area contributed by atoms with Gasteiger partial charge in [-0.3, -0.25) is 9.59 Å². The van der Waals surface area contributed by atoms with Crippen LogP contribution in [0.2, 0.25) is 0 Å². The number of carbonyl (C=O) groups excluding carboxylic acids is 2. The Balaban J connectivity index is 3.38. The van der Waals surface area contributed by atoms with E-state index in [1.165, 1.54) is 263 Å². The predicted molar refractivity (Wildman–Crippen MR) is 283 cm³/mol. The molecule has 0 aliphatic carbocycles. The first-order valence-electron chi connectivity index (χ1n) is 29.5. The fourth-order valence-electron chi connectivity index (χ4n) is 9.28. The van der Waals surface area contributed by atoms with Crippen LogP contribution in [0.25, 0.3) is 0 Å². The van der Waals surface area contributed by atoms with Gasteiger partial charge < -0.3 is 20.3 Å². The molecule has 0 bridgehead atoms. The third-order valence-corrected chi connectivity index (χ3v) is 13.8. The zero-order valence-electron chi connectivity index (χ0n) is 44.0. The third-order valence-electron chi connectivity index (χ3n) is 13.8. The monoisotopic (exact) mass is 918 g/mol. The Labute approximate surface area is 406 Å². The number of ether oxygens (including phenoxy) is 1. The van der Waals surface area contributed by atoms with Crippen molar-refractivity contribution in [1.82, 2.24) is 5.32 Å². The molecule has 0 radical (unpaired) electrons. The van der Waals surface area contributed by atoms with Crippen LogP contribution < -0.4 is 5.32 Å². The first-order chi connectivity index (χ1) is 32.0. The lowest BCUT2D eigenvalue weighted by Gasteiger charge is -2.20. The maximum absolute atomic E-state index is 12.4. The van der Waals surface area contributed by atoms with Gasteiger partial charge in [0, 0.05) is 12.8 Å². The zero-order chi connectivity index (χ0) is 47.2. The number of allylic oxidation sites excluding steroid dienone is 1. The molecule has 0 heterocycles. The number of unbranched alkanes of at least 4 members (excludes halogenated alkanes) is 44. The van der Waals surface area contributed by atoms with Crippen molar-refractivity contribution in [3.8, 4) is 0 Å². The summed E-state index contributed by atoms with van der Waals surface area (Å²) in [6.07, 6.45) is 65.2. The smallest absolute Gasteiger partial charge is 0.305 e. The van der Waals surface area contributed by atoms with E-state index in [-0.39, 0.29) is 18.5 Å². The molecular weight excluding hydrogens is 803 g/mol. The highest BCUT2D eigenvalue weighted by molar-refractivity contribution is 5.76. The lowest BCUT2D eigenvalue weighted by molar-refractivity contribution is -0.143. The third kappa shape index (κ3) is 51.8. The average Bonchev–Trinajstić information content (AvgIpc) is 3.31. The normalized spacial score (nSPS) is 12.6. The summed E-state index contributed by atoms with van der Waals surface area (Å²) in [5, 5.41) is 23.0. The molecule has 0 aromatic heterocycles. The van der Waals surface area contributed by atoms with E-state index in [1.807, 2.05) is 6.08 Å². The second kappa shape index (κ2) is 55.2. The summed E-state index contributed by atoms with van der Waals surface area (Å²) in [6.45, 7) is 4.91. The van der Waals surface area contributed by atoms with Crippen molar-refractivity contribution >= 4 is 11.9 Å². The van der Waals surface area contributed by atoms with Crippen molar-refractivity contribution in [1.29, 1.82) is 0 Å². The summed E-state index contributed by atoms with van der Waals surface area (Å²) in [4.78, 5) is 24.5. The van der Waals surface area contributed by atoms with Gasteiger partial charge in [0.2, 0.25) is 5.91 Å². The van der Waals surface area contributed by atoms with Crippen LogP contribution in [-0.2, 0) is 14.3 Å². The molecular formula is C59H115NO5. The fourth-order valence-corrected chi connectivity index (χ4v) is 9.28. The summed E-state index contributed by atoms with van der Waals surface area (Å²) in [5.41, 5.74) is 0. The Morgan fingerprint density at radius 3 is 1.05 bits per heavy atom. The fraction of sp³-hybridized carbons (Fsp3) is 0.932. The lowest BCUT2D eigenvalue weighted by Crippen LogP contribution is -2.45. The molecule has 0 aromatic rings. The first kappa shape index (κ1) is 63.6. The Kier molecular flexibility index (Phi) is 54.0. The summed E-state index contributed by atoms with van der Waals surface area (Å²) >= 11 is 0. The molecule has 0 fully saturated rings. The van der Waals surface area contributed by atoms with Crippen LogP contribution in [-0.4, -0.2) is 47.4 Å². The lowest BCUT2D eigenvalue weighted by atomic mass is 10.0. The van der Waals surface area contributed by atoms with Crippen LogP contribution in [0.15, 0.2) is 12.2 Å². The minimum absolute atomic E-state index is 0.0112. The van der Waals surface area contributed by atoms with Crippen molar-refractivity contribution in [2.45, 2.75) is 341 Å². The predicted octanol–water partition coefficient (Wildman–Crippen LogP) is 18.1. The van der Waals surface area contributed by atoms with Gasteiger partial charge in [0.15, 0.2) is 0 Å². The number of aliphatic hydroxyl groups is 2. The number of hydrogen-bond donors (Lipinski definition) is 3.